The third-order valence-electron chi connectivity index (χ3n) is 3.97. The van der Waals surface area contributed by atoms with Crippen LogP contribution in [-0.4, -0.2) is 38.4 Å². The summed E-state index contributed by atoms with van der Waals surface area (Å²) in [6.45, 7) is 22.4. The molecule has 0 spiro atoms. The Morgan fingerprint density at radius 2 is 0.786 bits per heavy atom. The lowest BCUT2D eigenvalue weighted by Crippen LogP contribution is -2.43. The SMILES string of the molecule is CC(C)C[C@@H](C)NS(=O)(=O)C(C)(C)C.CC(C)C[C@H](C)NS(=O)(=O)C(C)(C)C. The van der Waals surface area contributed by atoms with Gasteiger partial charge in [-0.15, -0.1) is 0 Å². The first-order valence-corrected chi connectivity index (χ1v) is 13.1. The number of hydrogen-bond donors (Lipinski definition) is 2. The molecule has 0 amide bonds. The molecule has 8 heteroatoms. The van der Waals surface area contributed by atoms with E-state index in [1.807, 2.05) is 13.8 Å². The zero-order valence-electron chi connectivity index (χ0n) is 20.2. The second-order valence-electron chi connectivity index (χ2n) is 10.5. The highest BCUT2D eigenvalue weighted by molar-refractivity contribution is 7.91. The van der Waals surface area contributed by atoms with Crippen molar-refractivity contribution in [3.05, 3.63) is 0 Å². The van der Waals surface area contributed by atoms with Crippen molar-refractivity contribution in [3.8, 4) is 0 Å². The van der Waals surface area contributed by atoms with Crippen LogP contribution in [0, 0.1) is 11.8 Å². The monoisotopic (exact) mass is 442 g/mol. The van der Waals surface area contributed by atoms with E-state index in [2.05, 4.69) is 37.1 Å². The third-order valence-corrected chi connectivity index (χ3v) is 8.63. The highest BCUT2D eigenvalue weighted by Crippen LogP contribution is 2.16. The van der Waals surface area contributed by atoms with E-state index >= 15 is 0 Å². The molecule has 0 bridgehead atoms. The number of rotatable bonds is 8. The average molecular weight is 443 g/mol. The summed E-state index contributed by atoms with van der Waals surface area (Å²) in [6, 6.07) is 0.0263. The molecule has 0 fully saturated rings. The Hall–Kier alpha value is -0.180. The fourth-order valence-electron chi connectivity index (χ4n) is 2.39. The normalized spacial score (nSPS) is 15.9. The zero-order chi connectivity index (χ0) is 23.1. The minimum absolute atomic E-state index is 0.0132. The molecule has 0 aromatic rings. The van der Waals surface area contributed by atoms with Gasteiger partial charge >= 0.3 is 0 Å². The van der Waals surface area contributed by atoms with Crippen LogP contribution in [0.1, 0.15) is 95.9 Å². The molecular weight excluding hydrogens is 396 g/mol. The largest absolute Gasteiger partial charge is 0.216 e. The van der Waals surface area contributed by atoms with Crippen molar-refractivity contribution >= 4 is 20.0 Å². The van der Waals surface area contributed by atoms with Gasteiger partial charge in [0.2, 0.25) is 20.0 Å². The molecule has 28 heavy (non-hydrogen) atoms. The van der Waals surface area contributed by atoms with Crippen LogP contribution < -0.4 is 9.44 Å². The Labute approximate surface area is 175 Å². The first-order valence-electron chi connectivity index (χ1n) is 10.2. The Morgan fingerprint density at radius 1 is 0.571 bits per heavy atom. The molecule has 0 aliphatic carbocycles. The maximum atomic E-state index is 11.7. The van der Waals surface area contributed by atoms with E-state index < -0.39 is 29.5 Å². The number of sulfonamides is 2. The van der Waals surface area contributed by atoms with Crippen LogP contribution in [0.2, 0.25) is 0 Å². The van der Waals surface area contributed by atoms with Crippen molar-refractivity contribution in [2.75, 3.05) is 0 Å². The third kappa shape index (κ3) is 12.4. The molecule has 2 atom stereocenters. The maximum Gasteiger partial charge on any atom is 0.216 e. The lowest BCUT2D eigenvalue weighted by molar-refractivity contribution is 0.471. The van der Waals surface area contributed by atoms with Gasteiger partial charge in [-0.2, -0.15) is 0 Å². The first kappa shape index (κ1) is 30.0. The van der Waals surface area contributed by atoms with Crippen LogP contribution in [-0.2, 0) is 20.0 Å². The summed E-state index contributed by atoms with van der Waals surface area (Å²) in [5.74, 6) is 1.01. The van der Waals surface area contributed by atoms with Crippen LogP contribution in [0.15, 0.2) is 0 Å². The van der Waals surface area contributed by atoms with Gasteiger partial charge in [-0.3, -0.25) is 0 Å². The zero-order valence-corrected chi connectivity index (χ0v) is 21.8. The quantitative estimate of drug-likeness (QED) is 0.587. The van der Waals surface area contributed by atoms with Crippen LogP contribution >= 0.6 is 0 Å². The maximum absolute atomic E-state index is 11.7. The predicted octanol–water partition coefficient (Wildman–Crippen LogP) is 4.28. The summed E-state index contributed by atoms with van der Waals surface area (Å²) in [4.78, 5) is 0. The van der Waals surface area contributed by atoms with Gasteiger partial charge in [0.05, 0.1) is 9.49 Å². The average Bonchev–Trinajstić information content (AvgIpc) is 2.32. The van der Waals surface area contributed by atoms with Crippen molar-refractivity contribution in [1.29, 1.82) is 0 Å². The van der Waals surface area contributed by atoms with E-state index in [1.165, 1.54) is 0 Å². The molecular formula is C20H46N2O4S2. The molecule has 0 unspecified atom stereocenters. The van der Waals surface area contributed by atoms with E-state index in [-0.39, 0.29) is 12.1 Å². The summed E-state index contributed by atoms with van der Waals surface area (Å²) < 4.78 is 50.9. The second-order valence-corrected chi connectivity index (χ2v) is 15.5. The smallest absolute Gasteiger partial charge is 0.212 e. The van der Waals surface area contributed by atoms with Gasteiger partial charge in [0.25, 0.3) is 0 Å². The topological polar surface area (TPSA) is 92.3 Å². The van der Waals surface area contributed by atoms with E-state index in [0.29, 0.717) is 11.8 Å². The van der Waals surface area contributed by atoms with E-state index in [9.17, 15) is 16.8 Å². The summed E-state index contributed by atoms with van der Waals surface area (Å²) in [5.41, 5.74) is 0. The fraction of sp³-hybridized carbons (Fsp3) is 1.00. The van der Waals surface area contributed by atoms with Gasteiger partial charge in [0.1, 0.15) is 0 Å². The second kappa shape index (κ2) is 11.3. The molecule has 172 valence electrons. The van der Waals surface area contributed by atoms with Crippen molar-refractivity contribution in [3.63, 3.8) is 0 Å². The predicted molar refractivity (Wildman–Crippen MR) is 121 cm³/mol. The van der Waals surface area contributed by atoms with E-state index in [1.54, 1.807) is 41.5 Å². The molecule has 0 saturated carbocycles. The molecule has 0 rings (SSSR count). The molecule has 2 N–H and O–H groups in total. The lowest BCUT2D eigenvalue weighted by atomic mass is 10.1. The molecule has 0 aliphatic rings. The van der Waals surface area contributed by atoms with E-state index in [0.717, 1.165) is 12.8 Å². The van der Waals surface area contributed by atoms with E-state index in [4.69, 9.17) is 0 Å². The number of nitrogens with one attached hydrogen (secondary N) is 2. The Bertz CT molecular complexity index is 583. The Kier molecular flexibility index (Phi) is 12.1. The van der Waals surface area contributed by atoms with Crippen LogP contribution in [0.25, 0.3) is 0 Å². The van der Waals surface area contributed by atoms with Gasteiger partial charge in [-0.1, -0.05) is 27.7 Å². The minimum Gasteiger partial charge on any atom is -0.212 e. The molecule has 0 aromatic heterocycles. The first-order chi connectivity index (χ1) is 12.1. The Balaban J connectivity index is 0. The van der Waals surface area contributed by atoms with Gasteiger partial charge in [0.15, 0.2) is 0 Å². The van der Waals surface area contributed by atoms with Gasteiger partial charge in [-0.25, -0.2) is 26.3 Å². The lowest BCUT2D eigenvalue weighted by Gasteiger charge is -2.24. The summed E-state index contributed by atoms with van der Waals surface area (Å²) >= 11 is 0. The van der Waals surface area contributed by atoms with Gasteiger partial charge in [-0.05, 0) is 80.1 Å². The summed E-state index contributed by atoms with van der Waals surface area (Å²) in [7, 11) is -6.39. The summed E-state index contributed by atoms with van der Waals surface area (Å²) in [5, 5.41) is 0. The fourth-order valence-corrected chi connectivity index (χ4v) is 4.35. The van der Waals surface area contributed by atoms with Gasteiger partial charge in [0, 0.05) is 12.1 Å². The number of hydrogen-bond acceptors (Lipinski definition) is 4. The van der Waals surface area contributed by atoms with Crippen LogP contribution in [0.4, 0.5) is 0 Å². The van der Waals surface area contributed by atoms with Crippen molar-refractivity contribution in [2.45, 2.75) is 118 Å². The minimum atomic E-state index is -3.19. The van der Waals surface area contributed by atoms with Crippen molar-refractivity contribution in [2.24, 2.45) is 11.8 Å². The molecule has 0 radical (unpaired) electrons. The molecule has 0 heterocycles. The highest BCUT2D eigenvalue weighted by atomic mass is 32.2. The summed E-state index contributed by atoms with van der Waals surface area (Å²) in [6.07, 6.45) is 1.74. The van der Waals surface area contributed by atoms with Crippen molar-refractivity contribution in [1.82, 2.24) is 9.44 Å². The standard InChI is InChI=1S/2C10H23NO2S/c2*1-8(2)7-9(3)11-14(12,13)10(4,5)6/h2*8-9,11H,7H2,1-6H3/t2*9-/m10/s1. The molecule has 0 aliphatic heterocycles. The molecule has 6 nitrogen and oxygen atoms in total. The van der Waals surface area contributed by atoms with Crippen LogP contribution in [0.3, 0.4) is 0 Å². The van der Waals surface area contributed by atoms with Gasteiger partial charge < -0.3 is 0 Å². The Morgan fingerprint density at radius 3 is 0.929 bits per heavy atom. The molecule has 0 saturated heterocycles. The van der Waals surface area contributed by atoms with Crippen molar-refractivity contribution < 1.29 is 16.8 Å². The molecule has 0 aromatic carbocycles. The highest BCUT2D eigenvalue weighted by Gasteiger charge is 2.30. The van der Waals surface area contributed by atoms with Crippen LogP contribution in [0.5, 0.6) is 0 Å².